The Labute approximate surface area is 129 Å². The van der Waals surface area contributed by atoms with Crippen molar-refractivity contribution in [1.82, 2.24) is 15.4 Å². The zero-order chi connectivity index (χ0) is 16.4. The number of rotatable bonds is 3. The van der Waals surface area contributed by atoms with Gasteiger partial charge in [0, 0.05) is 6.42 Å². The highest BCUT2D eigenvalue weighted by Crippen LogP contribution is 2.26. The van der Waals surface area contributed by atoms with E-state index in [2.05, 4.69) is 20.4 Å². The van der Waals surface area contributed by atoms with Crippen molar-refractivity contribution < 1.29 is 13.2 Å². The second-order valence-corrected chi connectivity index (χ2v) is 4.97. The summed E-state index contributed by atoms with van der Waals surface area (Å²) in [5.74, 6) is 0. The quantitative estimate of drug-likeness (QED) is 0.945. The summed E-state index contributed by atoms with van der Waals surface area (Å²) in [6.45, 7) is 0. The number of allylic oxidation sites excluding steroid dienone is 1. The van der Waals surface area contributed by atoms with Gasteiger partial charge in [0.25, 0.3) is 0 Å². The number of alkyl halides is 3. The first-order valence-corrected chi connectivity index (χ1v) is 6.71. The van der Waals surface area contributed by atoms with Gasteiger partial charge in [0.05, 0.1) is 17.8 Å². The zero-order valence-corrected chi connectivity index (χ0v) is 11.7. The Morgan fingerprint density at radius 1 is 1.17 bits per heavy atom. The fourth-order valence-corrected chi connectivity index (χ4v) is 2.30. The third kappa shape index (κ3) is 3.29. The van der Waals surface area contributed by atoms with Crippen molar-refractivity contribution in [3.05, 3.63) is 52.9 Å². The van der Waals surface area contributed by atoms with Gasteiger partial charge in [-0.15, -0.1) is 5.10 Å². The van der Waals surface area contributed by atoms with E-state index in [-0.39, 0.29) is 11.3 Å². The fourth-order valence-electron chi connectivity index (χ4n) is 2.30. The molecule has 1 aliphatic heterocycles. The van der Waals surface area contributed by atoms with E-state index in [1.165, 1.54) is 12.1 Å². The van der Waals surface area contributed by atoms with Crippen LogP contribution in [0.1, 0.15) is 28.9 Å². The van der Waals surface area contributed by atoms with Crippen LogP contribution in [0.15, 0.2) is 35.3 Å². The Morgan fingerprint density at radius 2 is 1.91 bits per heavy atom. The molecule has 0 saturated heterocycles. The lowest BCUT2D eigenvalue weighted by atomic mass is 10.0. The summed E-state index contributed by atoms with van der Waals surface area (Å²) in [4.78, 5) is 4.40. The van der Waals surface area contributed by atoms with Crippen LogP contribution in [0.2, 0.25) is 0 Å². The van der Waals surface area contributed by atoms with Gasteiger partial charge in [0.1, 0.15) is 11.8 Å². The van der Waals surface area contributed by atoms with Gasteiger partial charge in [-0.2, -0.15) is 28.7 Å². The molecular formula is C15H10F3N5. The minimum absolute atomic E-state index is 0.154. The Hall–Kier alpha value is -2.95. The highest BCUT2D eigenvalue weighted by atomic mass is 19.4. The van der Waals surface area contributed by atoms with Gasteiger partial charge in [0.2, 0.25) is 0 Å². The van der Waals surface area contributed by atoms with Gasteiger partial charge in [0.15, 0.2) is 5.69 Å². The summed E-state index contributed by atoms with van der Waals surface area (Å²) in [5, 5.41) is 18.9. The molecule has 5 nitrogen and oxygen atoms in total. The van der Waals surface area contributed by atoms with E-state index in [1.54, 1.807) is 18.2 Å². The lowest BCUT2D eigenvalue weighted by Gasteiger charge is -2.07. The number of nitriles is 1. The number of nitrogens with one attached hydrogen (secondary N) is 1. The van der Waals surface area contributed by atoms with Crippen LogP contribution in [-0.4, -0.2) is 27.3 Å². The van der Waals surface area contributed by atoms with Crippen molar-refractivity contribution in [3.63, 3.8) is 0 Å². The summed E-state index contributed by atoms with van der Waals surface area (Å²) in [7, 11) is 0. The molecule has 0 radical (unpaired) electrons. The molecule has 3 rings (SSSR count). The maximum absolute atomic E-state index is 12.3. The molecule has 0 amide bonds. The number of hydrogen-bond acceptors (Lipinski definition) is 4. The minimum atomic E-state index is -4.22. The molecule has 0 atom stereocenters. The largest absolute Gasteiger partial charge is 0.393 e. The SMILES string of the molecule is N#Cc1n[nH]nc1C1=CCC(c2ccc(CC(F)(F)F)cc2)=N1. The lowest BCUT2D eigenvalue weighted by molar-refractivity contribution is -0.127. The number of nitrogens with zero attached hydrogens (tertiary/aromatic N) is 4. The van der Waals surface area contributed by atoms with Crippen LogP contribution in [0.5, 0.6) is 0 Å². The first kappa shape index (κ1) is 15.0. The second-order valence-electron chi connectivity index (χ2n) is 4.97. The zero-order valence-electron chi connectivity index (χ0n) is 11.7. The molecule has 1 aromatic heterocycles. The summed E-state index contributed by atoms with van der Waals surface area (Å²) in [6, 6.07) is 8.04. The first-order valence-electron chi connectivity index (χ1n) is 6.71. The van der Waals surface area contributed by atoms with Gasteiger partial charge in [-0.1, -0.05) is 30.3 Å². The third-order valence-electron chi connectivity index (χ3n) is 3.33. The predicted octanol–water partition coefficient (Wildman–Crippen LogP) is 3.02. The van der Waals surface area contributed by atoms with Crippen molar-refractivity contribution in [2.45, 2.75) is 19.0 Å². The van der Waals surface area contributed by atoms with Crippen molar-refractivity contribution in [2.75, 3.05) is 0 Å². The van der Waals surface area contributed by atoms with Gasteiger partial charge in [-0.3, -0.25) is 4.99 Å². The molecule has 116 valence electrons. The maximum Gasteiger partial charge on any atom is 0.393 e. The third-order valence-corrected chi connectivity index (χ3v) is 3.33. The molecule has 1 aliphatic rings. The van der Waals surface area contributed by atoms with E-state index in [4.69, 9.17) is 5.26 Å². The molecule has 0 fully saturated rings. The minimum Gasteiger partial charge on any atom is -0.250 e. The van der Waals surface area contributed by atoms with Crippen LogP contribution in [0.4, 0.5) is 13.2 Å². The van der Waals surface area contributed by atoms with E-state index in [0.717, 1.165) is 5.56 Å². The van der Waals surface area contributed by atoms with Gasteiger partial charge in [-0.05, 0) is 11.1 Å². The van der Waals surface area contributed by atoms with E-state index < -0.39 is 12.6 Å². The van der Waals surface area contributed by atoms with E-state index in [0.29, 0.717) is 23.5 Å². The summed E-state index contributed by atoms with van der Waals surface area (Å²) in [5.41, 5.74) is 2.72. The smallest absolute Gasteiger partial charge is 0.250 e. The van der Waals surface area contributed by atoms with Crippen LogP contribution in [-0.2, 0) is 6.42 Å². The number of aromatic nitrogens is 3. The highest BCUT2D eigenvalue weighted by Gasteiger charge is 2.27. The molecule has 23 heavy (non-hydrogen) atoms. The average Bonchev–Trinajstić information content (AvgIpc) is 3.15. The van der Waals surface area contributed by atoms with Crippen molar-refractivity contribution in [3.8, 4) is 6.07 Å². The Bertz CT molecular complexity index is 822. The maximum atomic E-state index is 12.3. The molecule has 1 N–H and O–H groups in total. The molecular weight excluding hydrogens is 307 g/mol. The fraction of sp³-hybridized carbons (Fsp3) is 0.200. The molecule has 0 saturated carbocycles. The van der Waals surface area contributed by atoms with Crippen LogP contribution in [0.3, 0.4) is 0 Å². The monoisotopic (exact) mass is 317 g/mol. The Balaban J connectivity index is 1.79. The normalized spacial score (nSPS) is 14.3. The number of hydrogen-bond donors (Lipinski definition) is 1. The average molecular weight is 317 g/mol. The van der Waals surface area contributed by atoms with Gasteiger partial charge in [-0.25, -0.2) is 0 Å². The molecule has 8 heteroatoms. The first-order chi connectivity index (χ1) is 11.0. The molecule has 0 unspecified atom stereocenters. The van der Waals surface area contributed by atoms with Crippen LogP contribution < -0.4 is 0 Å². The Kier molecular flexibility index (Phi) is 3.70. The van der Waals surface area contributed by atoms with Crippen LogP contribution >= 0.6 is 0 Å². The van der Waals surface area contributed by atoms with E-state index in [9.17, 15) is 13.2 Å². The summed E-state index contributed by atoms with van der Waals surface area (Å²) in [6.07, 6.45) is -2.85. The van der Waals surface area contributed by atoms with Gasteiger partial charge >= 0.3 is 6.18 Å². The highest BCUT2D eigenvalue weighted by molar-refractivity contribution is 6.07. The molecule has 0 bridgehead atoms. The van der Waals surface area contributed by atoms with Crippen molar-refractivity contribution in [2.24, 2.45) is 4.99 Å². The second kappa shape index (κ2) is 5.68. The van der Waals surface area contributed by atoms with Crippen molar-refractivity contribution >= 4 is 11.4 Å². The predicted molar refractivity (Wildman–Crippen MR) is 76.4 cm³/mol. The van der Waals surface area contributed by atoms with Gasteiger partial charge < -0.3 is 0 Å². The lowest BCUT2D eigenvalue weighted by Crippen LogP contribution is -2.11. The van der Waals surface area contributed by atoms with E-state index in [1.807, 2.05) is 6.07 Å². The van der Waals surface area contributed by atoms with E-state index >= 15 is 0 Å². The Morgan fingerprint density at radius 3 is 2.57 bits per heavy atom. The molecule has 0 aliphatic carbocycles. The molecule has 2 aromatic rings. The summed E-state index contributed by atoms with van der Waals surface area (Å²) >= 11 is 0. The number of halogens is 3. The van der Waals surface area contributed by atoms with Crippen LogP contribution in [0.25, 0.3) is 5.70 Å². The van der Waals surface area contributed by atoms with Crippen LogP contribution in [0, 0.1) is 11.3 Å². The molecule has 0 spiro atoms. The number of benzene rings is 1. The number of H-pyrrole nitrogens is 1. The molecule has 1 aromatic carbocycles. The molecule has 2 heterocycles. The topological polar surface area (TPSA) is 77.7 Å². The van der Waals surface area contributed by atoms with Crippen molar-refractivity contribution in [1.29, 1.82) is 5.26 Å². The summed E-state index contributed by atoms with van der Waals surface area (Å²) < 4.78 is 37.0. The standard InChI is InChI=1S/C15H10F3N5/c16-15(17,18)7-9-1-3-10(4-2-9)11-5-6-12(20-11)14-13(8-19)21-23-22-14/h1-4,6H,5,7H2,(H,21,22,23). The number of aromatic amines is 1. The number of aliphatic imine (C=N–C) groups is 1.